The molecule has 0 fully saturated rings. The lowest BCUT2D eigenvalue weighted by molar-refractivity contribution is -0.134. The summed E-state index contributed by atoms with van der Waals surface area (Å²) in [5.74, 6) is 1.69. The van der Waals surface area contributed by atoms with Gasteiger partial charge in [-0.1, -0.05) is 30.3 Å². The molecule has 1 aromatic carbocycles. The summed E-state index contributed by atoms with van der Waals surface area (Å²) in [6.07, 6.45) is 3.56. The maximum atomic E-state index is 11.7. The second-order valence-corrected chi connectivity index (χ2v) is 5.31. The van der Waals surface area contributed by atoms with Crippen molar-refractivity contribution in [2.75, 3.05) is 0 Å². The van der Waals surface area contributed by atoms with E-state index in [1.165, 1.54) is 6.92 Å². The van der Waals surface area contributed by atoms with E-state index in [0.717, 1.165) is 5.56 Å². The summed E-state index contributed by atoms with van der Waals surface area (Å²) in [5.41, 5.74) is 1.53. The molecule has 0 atom stereocenters. The number of esters is 1. The summed E-state index contributed by atoms with van der Waals surface area (Å²) in [6.45, 7) is 1.37. The lowest BCUT2D eigenvalue weighted by Gasteiger charge is -2.13. The van der Waals surface area contributed by atoms with Gasteiger partial charge in [0.05, 0.1) is 5.69 Å². The summed E-state index contributed by atoms with van der Waals surface area (Å²) in [6, 6.07) is 17.0. The predicted octanol–water partition coefficient (Wildman–Crippen LogP) is 3.65. The fourth-order valence-corrected chi connectivity index (χ4v) is 2.69. The average Bonchev–Trinajstić information content (AvgIpc) is 3.04. The summed E-state index contributed by atoms with van der Waals surface area (Å²) < 4.78 is 13.5. The average molecular weight is 318 g/mol. The van der Waals surface area contributed by atoms with E-state index < -0.39 is 5.97 Å². The van der Waals surface area contributed by atoms with Gasteiger partial charge in [0, 0.05) is 24.9 Å². The van der Waals surface area contributed by atoms with E-state index in [2.05, 4.69) is 4.98 Å². The number of aromatic nitrogens is 2. The molecule has 3 heterocycles. The lowest BCUT2D eigenvalue weighted by atomic mass is 10.1. The molecule has 0 amide bonds. The van der Waals surface area contributed by atoms with Crippen LogP contribution in [0.3, 0.4) is 0 Å². The van der Waals surface area contributed by atoms with Gasteiger partial charge in [-0.15, -0.1) is 0 Å². The van der Waals surface area contributed by atoms with Crippen LogP contribution in [0.4, 0.5) is 0 Å². The first-order chi connectivity index (χ1) is 11.7. The number of benzene rings is 1. The van der Waals surface area contributed by atoms with Crippen LogP contribution < -0.4 is 4.74 Å². The lowest BCUT2D eigenvalue weighted by Crippen LogP contribution is -2.06. The van der Waals surface area contributed by atoms with Crippen molar-refractivity contribution in [2.45, 2.75) is 6.92 Å². The Morgan fingerprint density at radius 1 is 1.08 bits per heavy atom. The van der Waals surface area contributed by atoms with Gasteiger partial charge in [0.2, 0.25) is 0 Å². The van der Waals surface area contributed by atoms with Crippen LogP contribution in [-0.4, -0.2) is 15.5 Å². The highest BCUT2D eigenvalue weighted by Gasteiger charge is 2.26. The van der Waals surface area contributed by atoms with Gasteiger partial charge in [0.25, 0.3) is 0 Å². The van der Waals surface area contributed by atoms with Crippen LogP contribution in [-0.2, 0) is 9.53 Å². The maximum absolute atomic E-state index is 11.7. The Balaban J connectivity index is 2.02. The molecule has 118 valence electrons. The van der Waals surface area contributed by atoms with Crippen molar-refractivity contribution in [3.8, 4) is 11.6 Å². The van der Waals surface area contributed by atoms with Crippen LogP contribution in [0.2, 0.25) is 0 Å². The molecule has 0 saturated carbocycles. The number of carbonyl (C=O) groups is 1. The van der Waals surface area contributed by atoms with Gasteiger partial charge in [-0.25, -0.2) is 4.98 Å². The minimum Gasteiger partial charge on any atom is -0.449 e. The van der Waals surface area contributed by atoms with E-state index >= 15 is 0 Å². The Morgan fingerprint density at radius 2 is 1.92 bits per heavy atom. The van der Waals surface area contributed by atoms with Crippen molar-refractivity contribution in [1.29, 1.82) is 0 Å². The molecular weight excluding hydrogens is 304 g/mol. The molecule has 0 aliphatic carbocycles. The number of nitrogens with zero attached hydrogens (tertiary/aromatic N) is 2. The SMILES string of the molecule is CC(=O)OC1=C(c2ccccc2)Oc2cccnc2-n2cccc21. The van der Waals surface area contributed by atoms with Gasteiger partial charge in [0.15, 0.2) is 23.1 Å². The maximum Gasteiger partial charge on any atom is 0.308 e. The Kier molecular flexibility index (Phi) is 3.39. The molecule has 2 aromatic heterocycles. The Morgan fingerprint density at radius 3 is 2.71 bits per heavy atom. The Labute approximate surface area is 138 Å². The highest BCUT2D eigenvalue weighted by molar-refractivity contribution is 5.90. The van der Waals surface area contributed by atoms with Gasteiger partial charge in [-0.05, 0) is 24.3 Å². The topological polar surface area (TPSA) is 53.4 Å². The van der Waals surface area contributed by atoms with Crippen molar-refractivity contribution in [2.24, 2.45) is 0 Å². The normalized spacial score (nSPS) is 12.7. The van der Waals surface area contributed by atoms with Crippen molar-refractivity contribution >= 4 is 17.5 Å². The highest BCUT2D eigenvalue weighted by atomic mass is 16.6. The summed E-state index contributed by atoms with van der Waals surface area (Å²) in [4.78, 5) is 16.1. The zero-order valence-corrected chi connectivity index (χ0v) is 13.0. The van der Waals surface area contributed by atoms with E-state index in [4.69, 9.17) is 9.47 Å². The molecule has 0 bridgehead atoms. The summed E-state index contributed by atoms with van der Waals surface area (Å²) in [7, 11) is 0. The van der Waals surface area contributed by atoms with E-state index in [9.17, 15) is 4.79 Å². The molecular formula is C19H14N2O3. The minimum absolute atomic E-state index is 0.372. The predicted molar refractivity (Wildman–Crippen MR) is 89.2 cm³/mol. The van der Waals surface area contributed by atoms with Crippen molar-refractivity contribution in [1.82, 2.24) is 9.55 Å². The zero-order chi connectivity index (χ0) is 16.5. The Bertz CT molecular complexity index is 942. The molecule has 24 heavy (non-hydrogen) atoms. The van der Waals surface area contributed by atoms with Gasteiger partial charge < -0.3 is 9.47 Å². The van der Waals surface area contributed by atoms with Crippen LogP contribution in [0.1, 0.15) is 18.2 Å². The van der Waals surface area contributed by atoms with Crippen LogP contribution in [0, 0.1) is 0 Å². The molecule has 4 rings (SSSR count). The molecule has 0 spiro atoms. The molecule has 5 nitrogen and oxygen atoms in total. The number of hydrogen-bond donors (Lipinski definition) is 0. The van der Waals surface area contributed by atoms with Gasteiger partial charge in [-0.3, -0.25) is 9.36 Å². The molecule has 5 heteroatoms. The van der Waals surface area contributed by atoms with E-state index in [0.29, 0.717) is 28.8 Å². The van der Waals surface area contributed by atoms with Crippen molar-refractivity contribution < 1.29 is 14.3 Å². The third-order valence-corrected chi connectivity index (χ3v) is 3.66. The second kappa shape index (κ2) is 5.70. The molecule has 3 aromatic rings. The molecule has 1 aliphatic rings. The van der Waals surface area contributed by atoms with E-state index in [1.54, 1.807) is 12.3 Å². The quantitative estimate of drug-likeness (QED) is 0.677. The number of rotatable bonds is 2. The second-order valence-electron chi connectivity index (χ2n) is 5.31. The first-order valence-electron chi connectivity index (χ1n) is 7.53. The molecule has 0 saturated heterocycles. The largest absolute Gasteiger partial charge is 0.449 e. The van der Waals surface area contributed by atoms with E-state index in [1.807, 2.05) is 59.3 Å². The Hall–Kier alpha value is -3.34. The third kappa shape index (κ3) is 2.36. The van der Waals surface area contributed by atoms with Crippen LogP contribution in [0.15, 0.2) is 67.0 Å². The summed E-state index contributed by atoms with van der Waals surface area (Å²) in [5, 5.41) is 0. The fourth-order valence-electron chi connectivity index (χ4n) is 2.69. The first-order valence-corrected chi connectivity index (χ1v) is 7.53. The van der Waals surface area contributed by atoms with Crippen molar-refractivity contribution in [3.05, 3.63) is 78.2 Å². The number of ether oxygens (including phenoxy) is 2. The molecule has 0 radical (unpaired) electrons. The highest BCUT2D eigenvalue weighted by Crippen LogP contribution is 2.37. The molecule has 0 unspecified atom stereocenters. The number of carbonyl (C=O) groups excluding carboxylic acids is 1. The van der Waals surface area contributed by atoms with Crippen LogP contribution in [0.5, 0.6) is 5.75 Å². The minimum atomic E-state index is -0.409. The number of fused-ring (bicyclic) bond motifs is 3. The van der Waals surface area contributed by atoms with E-state index in [-0.39, 0.29) is 0 Å². The van der Waals surface area contributed by atoms with Gasteiger partial charge in [0.1, 0.15) is 0 Å². The zero-order valence-electron chi connectivity index (χ0n) is 13.0. The first kappa shape index (κ1) is 14.3. The van der Waals surface area contributed by atoms with Gasteiger partial charge >= 0.3 is 5.97 Å². The van der Waals surface area contributed by atoms with Crippen LogP contribution >= 0.6 is 0 Å². The van der Waals surface area contributed by atoms with Gasteiger partial charge in [-0.2, -0.15) is 0 Å². The number of hydrogen-bond acceptors (Lipinski definition) is 4. The molecule has 0 N–H and O–H groups in total. The third-order valence-electron chi connectivity index (χ3n) is 3.66. The number of pyridine rings is 1. The fraction of sp³-hybridized carbons (Fsp3) is 0.0526. The monoisotopic (exact) mass is 318 g/mol. The standard InChI is InChI=1S/C19H14N2O3/c1-13(22)23-18-15-9-6-12-21(15)19-16(10-5-11-20-19)24-17(18)14-7-3-2-4-8-14/h2-12H,1H3. The van der Waals surface area contributed by atoms with Crippen LogP contribution in [0.25, 0.3) is 17.3 Å². The molecule has 1 aliphatic heterocycles. The smallest absolute Gasteiger partial charge is 0.308 e. The summed E-state index contributed by atoms with van der Waals surface area (Å²) >= 11 is 0. The van der Waals surface area contributed by atoms with Crippen molar-refractivity contribution in [3.63, 3.8) is 0 Å².